The summed E-state index contributed by atoms with van der Waals surface area (Å²) in [6.45, 7) is -0.530. The lowest BCUT2D eigenvalue weighted by molar-refractivity contribution is -0.384. The zero-order valence-corrected chi connectivity index (χ0v) is 13.1. The molecule has 0 bridgehead atoms. The number of hydrogen-bond acceptors (Lipinski definition) is 5. The highest BCUT2D eigenvalue weighted by atomic mass is 19.1. The number of carbonyl (C=O) groups excluding carboxylic acids is 2. The molecule has 8 heteroatoms. The maximum absolute atomic E-state index is 13.0. The lowest BCUT2D eigenvalue weighted by Gasteiger charge is -2.09. The molecule has 1 aliphatic rings. The highest BCUT2D eigenvalue weighted by Gasteiger charge is 2.19. The fourth-order valence-corrected chi connectivity index (χ4v) is 2.79. The highest BCUT2D eigenvalue weighted by Crippen LogP contribution is 2.28. The Kier molecular flexibility index (Phi) is 6.22. The van der Waals surface area contributed by atoms with Crippen molar-refractivity contribution in [2.75, 3.05) is 11.9 Å². The van der Waals surface area contributed by atoms with Crippen LogP contribution in [0.5, 0.6) is 0 Å². The van der Waals surface area contributed by atoms with Crippen LogP contribution in [0.25, 0.3) is 0 Å². The maximum Gasteiger partial charge on any atom is 0.306 e. The fourth-order valence-electron chi connectivity index (χ4n) is 2.79. The Morgan fingerprint density at radius 2 is 2.04 bits per heavy atom. The lowest BCUT2D eigenvalue weighted by Crippen LogP contribution is -2.21. The summed E-state index contributed by atoms with van der Waals surface area (Å²) in [6.07, 6.45) is 5.65. The van der Waals surface area contributed by atoms with Gasteiger partial charge in [-0.05, 0) is 24.5 Å². The molecule has 24 heavy (non-hydrogen) atoms. The number of nitro benzene ring substituents is 1. The quantitative estimate of drug-likeness (QED) is 0.468. The molecule has 0 aromatic heterocycles. The molecule has 0 saturated heterocycles. The number of nitro groups is 1. The molecular formula is C16H19FN2O5. The van der Waals surface area contributed by atoms with E-state index in [1.807, 2.05) is 0 Å². The standard InChI is InChI=1S/C16H19FN2O5/c17-12-6-7-13(14(9-12)19(22)23)18-15(20)10-24-16(21)8-5-11-3-1-2-4-11/h6-7,9,11H,1-5,8,10H2,(H,18,20). The van der Waals surface area contributed by atoms with E-state index in [1.54, 1.807) is 0 Å². The molecule has 0 radical (unpaired) electrons. The molecule has 1 aromatic rings. The van der Waals surface area contributed by atoms with Gasteiger partial charge in [0.25, 0.3) is 11.6 Å². The first-order valence-electron chi connectivity index (χ1n) is 7.85. The number of nitrogens with zero attached hydrogens (tertiary/aromatic N) is 1. The van der Waals surface area contributed by atoms with Crippen LogP contribution in [0.2, 0.25) is 0 Å². The number of halogens is 1. The van der Waals surface area contributed by atoms with E-state index in [4.69, 9.17) is 4.74 Å². The summed E-state index contributed by atoms with van der Waals surface area (Å²) in [7, 11) is 0. The van der Waals surface area contributed by atoms with Crippen LogP contribution in [-0.2, 0) is 14.3 Å². The lowest BCUT2D eigenvalue weighted by atomic mass is 10.0. The summed E-state index contributed by atoms with van der Waals surface area (Å²) in [5, 5.41) is 13.1. The molecule has 0 aliphatic heterocycles. The third kappa shape index (κ3) is 5.29. The molecule has 2 rings (SSSR count). The summed E-state index contributed by atoms with van der Waals surface area (Å²) in [4.78, 5) is 33.4. The van der Waals surface area contributed by atoms with E-state index in [-0.39, 0.29) is 12.1 Å². The van der Waals surface area contributed by atoms with Gasteiger partial charge in [-0.25, -0.2) is 4.39 Å². The van der Waals surface area contributed by atoms with Gasteiger partial charge in [0, 0.05) is 6.42 Å². The van der Waals surface area contributed by atoms with Gasteiger partial charge in [0.05, 0.1) is 11.0 Å². The number of nitrogens with one attached hydrogen (secondary N) is 1. The number of rotatable bonds is 7. The zero-order valence-electron chi connectivity index (χ0n) is 13.1. The van der Waals surface area contributed by atoms with Crippen molar-refractivity contribution in [3.63, 3.8) is 0 Å². The van der Waals surface area contributed by atoms with Crippen LogP contribution in [0.15, 0.2) is 18.2 Å². The second-order valence-corrected chi connectivity index (χ2v) is 5.82. The molecule has 1 N–H and O–H groups in total. The molecule has 1 saturated carbocycles. The molecule has 0 heterocycles. The van der Waals surface area contributed by atoms with Gasteiger partial charge >= 0.3 is 5.97 Å². The predicted octanol–water partition coefficient (Wildman–Crippen LogP) is 3.19. The Morgan fingerprint density at radius 3 is 2.71 bits per heavy atom. The monoisotopic (exact) mass is 338 g/mol. The molecule has 0 spiro atoms. The van der Waals surface area contributed by atoms with Crippen molar-refractivity contribution >= 4 is 23.3 Å². The third-order valence-electron chi connectivity index (χ3n) is 4.03. The minimum absolute atomic E-state index is 0.145. The van der Waals surface area contributed by atoms with Crippen LogP contribution in [0.1, 0.15) is 38.5 Å². The average molecular weight is 338 g/mol. The Bertz CT molecular complexity index is 629. The van der Waals surface area contributed by atoms with E-state index < -0.39 is 34.9 Å². The summed E-state index contributed by atoms with van der Waals surface area (Å²) < 4.78 is 17.9. The van der Waals surface area contributed by atoms with Crippen LogP contribution in [0, 0.1) is 21.8 Å². The molecular weight excluding hydrogens is 319 g/mol. The molecule has 0 unspecified atom stereocenters. The van der Waals surface area contributed by atoms with Gasteiger partial charge < -0.3 is 10.1 Å². The van der Waals surface area contributed by atoms with Crippen molar-refractivity contribution in [2.24, 2.45) is 5.92 Å². The third-order valence-corrected chi connectivity index (χ3v) is 4.03. The smallest absolute Gasteiger partial charge is 0.306 e. The average Bonchev–Trinajstić information content (AvgIpc) is 3.06. The van der Waals surface area contributed by atoms with Gasteiger partial charge in [0.2, 0.25) is 0 Å². The van der Waals surface area contributed by atoms with Crippen molar-refractivity contribution in [1.82, 2.24) is 0 Å². The van der Waals surface area contributed by atoms with E-state index in [1.165, 1.54) is 12.8 Å². The molecule has 1 amide bonds. The Labute approximate surface area is 138 Å². The zero-order chi connectivity index (χ0) is 17.5. The van der Waals surface area contributed by atoms with Crippen molar-refractivity contribution < 1.29 is 23.6 Å². The summed E-state index contributed by atoms with van der Waals surface area (Å²) in [5.74, 6) is -1.41. The van der Waals surface area contributed by atoms with Crippen LogP contribution in [-0.4, -0.2) is 23.4 Å². The predicted molar refractivity (Wildman–Crippen MR) is 83.8 cm³/mol. The second-order valence-electron chi connectivity index (χ2n) is 5.82. The van der Waals surface area contributed by atoms with Crippen LogP contribution >= 0.6 is 0 Å². The fraction of sp³-hybridized carbons (Fsp3) is 0.500. The summed E-state index contributed by atoms with van der Waals surface area (Å²) in [5.41, 5.74) is -0.704. The minimum Gasteiger partial charge on any atom is -0.456 e. The van der Waals surface area contributed by atoms with Gasteiger partial charge in [-0.3, -0.25) is 19.7 Å². The second kappa shape index (κ2) is 8.37. The maximum atomic E-state index is 13.0. The molecule has 1 aliphatic carbocycles. The summed E-state index contributed by atoms with van der Waals surface area (Å²) >= 11 is 0. The van der Waals surface area contributed by atoms with Crippen LogP contribution < -0.4 is 5.32 Å². The van der Waals surface area contributed by atoms with E-state index >= 15 is 0 Å². The van der Waals surface area contributed by atoms with E-state index in [2.05, 4.69) is 5.32 Å². The van der Waals surface area contributed by atoms with Gasteiger partial charge in [0.15, 0.2) is 6.61 Å². The van der Waals surface area contributed by atoms with Crippen molar-refractivity contribution in [3.05, 3.63) is 34.1 Å². The molecule has 0 atom stereocenters. The molecule has 130 valence electrons. The number of hydrogen-bond donors (Lipinski definition) is 1. The first kappa shape index (κ1) is 17.8. The SMILES string of the molecule is O=C(COC(=O)CCC1CCCC1)Nc1ccc(F)cc1[N+](=O)[O-]. The Balaban J connectivity index is 1.78. The van der Waals surface area contributed by atoms with Crippen molar-refractivity contribution in [2.45, 2.75) is 38.5 Å². The van der Waals surface area contributed by atoms with Crippen LogP contribution in [0.4, 0.5) is 15.8 Å². The molecule has 1 fully saturated rings. The van der Waals surface area contributed by atoms with Gasteiger partial charge in [0.1, 0.15) is 11.5 Å². The minimum atomic E-state index is -0.799. The largest absolute Gasteiger partial charge is 0.456 e. The molecule has 1 aromatic carbocycles. The summed E-state index contributed by atoms with van der Waals surface area (Å²) in [6, 6.07) is 2.80. The van der Waals surface area contributed by atoms with Crippen molar-refractivity contribution in [3.8, 4) is 0 Å². The Morgan fingerprint density at radius 1 is 1.33 bits per heavy atom. The number of carbonyl (C=O) groups is 2. The number of benzene rings is 1. The molecule has 7 nitrogen and oxygen atoms in total. The Hall–Kier alpha value is -2.51. The topological polar surface area (TPSA) is 98.5 Å². The first-order chi connectivity index (χ1) is 11.5. The number of amides is 1. The normalized spacial score (nSPS) is 14.4. The van der Waals surface area contributed by atoms with E-state index in [9.17, 15) is 24.1 Å². The van der Waals surface area contributed by atoms with Gasteiger partial charge in [-0.2, -0.15) is 0 Å². The number of ether oxygens (including phenoxy) is 1. The van der Waals surface area contributed by atoms with Crippen LogP contribution in [0.3, 0.4) is 0 Å². The van der Waals surface area contributed by atoms with Gasteiger partial charge in [-0.15, -0.1) is 0 Å². The number of anilines is 1. The first-order valence-corrected chi connectivity index (χ1v) is 7.85. The number of esters is 1. The van der Waals surface area contributed by atoms with Crippen molar-refractivity contribution in [1.29, 1.82) is 0 Å². The van der Waals surface area contributed by atoms with E-state index in [0.29, 0.717) is 12.0 Å². The van der Waals surface area contributed by atoms with E-state index in [0.717, 1.165) is 31.4 Å². The van der Waals surface area contributed by atoms with Gasteiger partial charge in [-0.1, -0.05) is 25.7 Å². The highest BCUT2D eigenvalue weighted by molar-refractivity contribution is 5.94.